The van der Waals surface area contributed by atoms with Gasteiger partial charge < -0.3 is 9.80 Å². The summed E-state index contributed by atoms with van der Waals surface area (Å²) in [4.78, 5) is 10.2. The first-order chi connectivity index (χ1) is 30.0. The van der Waals surface area contributed by atoms with Gasteiger partial charge in [-0.2, -0.15) is 0 Å². The number of hydrogen-bond acceptors (Lipinski definition) is 4. The third kappa shape index (κ3) is 5.96. The van der Waals surface area contributed by atoms with Crippen molar-refractivity contribution in [2.45, 2.75) is 51.3 Å². The number of fused-ring (bicyclic) bond motifs is 7. The highest BCUT2D eigenvalue weighted by atomic mass is 32.2. The Morgan fingerprint density at radius 2 is 1.03 bits per heavy atom. The number of benzene rings is 8. The second-order valence-corrected chi connectivity index (χ2v) is 19.0. The van der Waals surface area contributed by atoms with E-state index in [9.17, 15) is 0 Å². The molecule has 8 aromatic rings. The molecule has 2 nitrogen and oxygen atoms in total. The minimum absolute atomic E-state index is 0.0686. The van der Waals surface area contributed by atoms with Gasteiger partial charge >= 0.3 is 0 Å². The van der Waals surface area contributed by atoms with Crippen LogP contribution in [0.15, 0.2) is 213 Å². The van der Waals surface area contributed by atoms with E-state index in [0.29, 0.717) is 0 Å². The first-order valence-corrected chi connectivity index (χ1v) is 22.8. The molecule has 0 radical (unpaired) electrons. The molecule has 12 rings (SSSR count). The molecule has 1 atom stereocenters. The van der Waals surface area contributed by atoms with E-state index >= 15 is 0 Å². The molecule has 0 bridgehead atoms. The molecule has 2 heterocycles. The van der Waals surface area contributed by atoms with Gasteiger partial charge in [-0.25, -0.2) is 0 Å². The van der Waals surface area contributed by atoms with E-state index < -0.39 is 0 Å². The third-order valence-electron chi connectivity index (χ3n) is 13.1. The van der Waals surface area contributed by atoms with Gasteiger partial charge in [-0.05, 0) is 111 Å². The van der Waals surface area contributed by atoms with Gasteiger partial charge in [0.2, 0.25) is 0 Å². The maximum absolute atomic E-state index is 2.57. The van der Waals surface area contributed by atoms with E-state index in [4.69, 9.17) is 0 Å². The summed E-state index contributed by atoms with van der Waals surface area (Å²) in [6.45, 7) is 4.84. The number of hydrogen-bond donors (Lipinski definition) is 0. The van der Waals surface area contributed by atoms with E-state index in [1.54, 1.807) is 0 Å². The topological polar surface area (TPSA) is 6.48 Å². The fourth-order valence-corrected chi connectivity index (χ4v) is 12.2. The fourth-order valence-electron chi connectivity index (χ4n) is 10.0. The van der Waals surface area contributed by atoms with E-state index in [1.807, 2.05) is 23.5 Å². The lowest BCUT2D eigenvalue weighted by Crippen LogP contribution is -2.35. The normalized spacial score (nSPS) is 16.9. The zero-order valence-corrected chi connectivity index (χ0v) is 35.7. The summed E-state index contributed by atoms with van der Waals surface area (Å²) in [5.74, 6) is 0. The zero-order chi connectivity index (χ0) is 40.7. The molecule has 1 unspecified atom stereocenters. The predicted octanol–water partition coefficient (Wildman–Crippen LogP) is 16.3. The van der Waals surface area contributed by atoms with Gasteiger partial charge in [0.1, 0.15) is 0 Å². The molecule has 4 heteroatoms. The first kappa shape index (κ1) is 36.4. The lowest BCUT2D eigenvalue weighted by molar-refractivity contribution is 0.583. The Morgan fingerprint density at radius 1 is 0.508 bits per heavy atom. The minimum Gasteiger partial charge on any atom is -0.332 e. The van der Waals surface area contributed by atoms with Crippen LogP contribution in [0.1, 0.15) is 42.5 Å². The molecular weight excluding hydrogens is 777 g/mol. The second-order valence-electron chi connectivity index (χ2n) is 16.9. The van der Waals surface area contributed by atoms with Crippen LogP contribution in [0.5, 0.6) is 0 Å². The smallest absolute Gasteiger partial charge is 0.0601 e. The number of nitrogens with zero attached hydrogens (tertiary/aromatic N) is 2. The lowest BCUT2D eigenvalue weighted by Gasteiger charge is -2.40. The Hall–Kier alpha value is -6.46. The first-order valence-electron chi connectivity index (χ1n) is 21.2. The number of para-hydroxylation sites is 4. The van der Waals surface area contributed by atoms with Crippen molar-refractivity contribution in [2.24, 2.45) is 0 Å². The van der Waals surface area contributed by atoms with Crippen LogP contribution in [-0.2, 0) is 5.41 Å². The van der Waals surface area contributed by atoms with Crippen molar-refractivity contribution in [1.29, 1.82) is 0 Å². The highest BCUT2D eigenvalue weighted by Crippen LogP contribution is 2.55. The largest absolute Gasteiger partial charge is 0.332 e. The predicted molar refractivity (Wildman–Crippen MR) is 260 cm³/mol. The summed E-state index contributed by atoms with van der Waals surface area (Å²) in [7, 11) is 0. The Morgan fingerprint density at radius 3 is 1.69 bits per heavy atom. The maximum Gasteiger partial charge on any atom is 0.0601 e. The monoisotopic (exact) mass is 818 g/mol. The molecule has 0 fully saturated rings. The van der Waals surface area contributed by atoms with Crippen LogP contribution >= 0.6 is 23.5 Å². The van der Waals surface area contributed by atoms with Gasteiger partial charge in [0.05, 0.1) is 34.5 Å². The quantitative estimate of drug-likeness (QED) is 0.160. The Bertz CT molecular complexity index is 3080. The average molecular weight is 819 g/mol. The van der Waals surface area contributed by atoms with E-state index in [0.717, 1.165) is 6.42 Å². The number of anilines is 5. The van der Waals surface area contributed by atoms with Crippen LogP contribution in [-0.4, -0.2) is 6.04 Å². The molecule has 0 saturated heterocycles. The van der Waals surface area contributed by atoms with Crippen LogP contribution in [0.25, 0.3) is 39.6 Å². The minimum atomic E-state index is -0.0686. The van der Waals surface area contributed by atoms with Crippen molar-refractivity contribution < 1.29 is 0 Å². The molecule has 0 spiro atoms. The summed E-state index contributed by atoms with van der Waals surface area (Å²) in [6, 6.07) is 65.0. The molecule has 0 amide bonds. The highest BCUT2D eigenvalue weighted by Gasteiger charge is 2.41. The van der Waals surface area contributed by atoms with Gasteiger partial charge in [-0.3, -0.25) is 0 Å². The van der Waals surface area contributed by atoms with Gasteiger partial charge in [0.15, 0.2) is 0 Å². The van der Waals surface area contributed by atoms with Gasteiger partial charge in [-0.1, -0.05) is 183 Å². The summed E-state index contributed by atoms with van der Waals surface area (Å²) >= 11 is 3.73. The van der Waals surface area contributed by atoms with E-state index in [-0.39, 0.29) is 11.5 Å². The molecule has 2 aliphatic carbocycles. The molecule has 8 aromatic carbocycles. The number of rotatable bonds is 5. The van der Waals surface area contributed by atoms with E-state index in [1.165, 1.54) is 103 Å². The van der Waals surface area contributed by atoms with Crippen LogP contribution in [0.3, 0.4) is 0 Å². The van der Waals surface area contributed by atoms with E-state index in [2.05, 4.69) is 224 Å². The Labute approximate surface area is 366 Å². The molecule has 4 aliphatic rings. The SMILES string of the molecule is CC1(C)C2=C(C=CC(N3c4ccccc4Sc4ccccc43)C2)c2ccc(/C=C/c3ccc(-c4ccc(N5c6ccccc6Sc6ccccc65)c5ccccc45)cc3)cc21. The zero-order valence-electron chi connectivity index (χ0n) is 34.0. The summed E-state index contributed by atoms with van der Waals surface area (Å²) in [5, 5.41) is 2.49. The Balaban J connectivity index is 0.809. The van der Waals surface area contributed by atoms with Gasteiger partial charge in [0, 0.05) is 30.4 Å². The molecule has 292 valence electrons. The molecule has 2 aliphatic heterocycles. The van der Waals surface area contributed by atoms with Gasteiger partial charge in [0.25, 0.3) is 0 Å². The molecule has 0 aromatic heterocycles. The van der Waals surface area contributed by atoms with Crippen molar-refractivity contribution in [2.75, 3.05) is 9.80 Å². The van der Waals surface area contributed by atoms with Crippen LogP contribution < -0.4 is 9.80 Å². The van der Waals surface area contributed by atoms with Crippen LogP contribution in [0.4, 0.5) is 28.4 Å². The van der Waals surface area contributed by atoms with Crippen molar-refractivity contribution in [3.05, 3.63) is 216 Å². The average Bonchev–Trinajstić information content (AvgIpc) is 3.53. The summed E-state index contributed by atoms with van der Waals surface area (Å²) in [5.41, 5.74) is 16.8. The summed E-state index contributed by atoms with van der Waals surface area (Å²) < 4.78 is 0. The lowest BCUT2D eigenvalue weighted by atomic mass is 9.77. The molecule has 0 N–H and O–H groups in total. The number of allylic oxidation sites excluding steroid dienone is 2. The van der Waals surface area contributed by atoms with Crippen molar-refractivity contribution in [3.8, 4) is 11.1 Å². The van der Waals surface area contributed by atoms with Gasteiger partial charge in [-0.15, -0.1) is 0 Å². The van der Waals surface area contributed by atoms with Crippen LogP contribution in [0.2, 0.25) is 0 Å². The maximum atomic E-state index is 2.57. The Kier molecular flexibility index (Phi) is 8.55. The van der Waals surface area contributed by atoms with Crippen molar-refractivity contribution in [1.82, 2.24) is 0 Å². The molecular formula is C57H42N2S2. The van der Waals surface area contributed by atoms with Crippen LogP contribution in [0, 0.1) is 0 Å². The van der Waals surface area contributed by atoms with Crippen molar-refractivity contribution in [3.63, 3.8) is 0 Å². The second kappa shape index (κ2) is 14.3. The fraction of sp³-hybridized carbons (Fsp3) is 0.0877. The van der Waals surface area contributed by atoms with Crippen molar-refractivity contribution >= 4 is 80.5 Å². The molecule has 61 heavy (non-hydrogen) atoms. The summed E-state index contributed by atoms with van der Waals surface area (Å²) in [6.07, 6.45) is 10.4. The molecule has 0 saturated carbocycles. The standard InChI is InChI=1S/C57H42N2S2/c1-57(2)46-35-38(27-31-43(46)44-32-30-40(36-47(44)57)58-49-15-5-9-19-53(49)60-54-20-10-6-16-50(54)58)24-23-37-25-28-39(29-26-37)41-33-34-48(45-14-4-3-13-42(41)45)59-51-17-7-11-21-55(51)61-56-22-12-8-18-52(56)59/h3-35,40H,36H2,1-2H3/b24-23+. The highest BCUT2D eigenvalue weighted by molar-refractivity contribution is 8.00. The third-order valence-corrected chi connectivity index (χ3v) is 15.3.